The van der Waals surface area contributed by atoms with Gasteiger partial charge in [0.2, 0.25) is 0 Å². The highest BCUT2D eigenvalue weighted by Crippen LogP contribution is 2.49. The Balaban J connectivity index is 0.000000252. The van der Waals surface area contributed by atoms with Crippen molar-refractivity contribution in [1.29, 1.82) is 0 Å². The quantitative estimate of drug-likeness (QED) is 0.244. The van der Waals surface area contributed by atoms with Crippen molar-refractivity contribution in [3.63, 3.8) is 0 Å². The van der Waals surface area contributed by atoms with Crippen molar-refractivity contribution in [1.82, 2.24) is 9.80 Å². The fourth-order valence-electron chi connectivity index (χ4n) is 6.69. The molecular weight excluding hydrogens is 576 g/mol. The van der Waals surface area contributed by atoms with Crippen LogP contribution in [0.1, 0.15) is 64.9 Å². The first-order valence-electron chi connectivity index (χ1n) is 16.7. The summed E-state index contributed by atoms with van der Waals surface area (Å²) in [4.78, 5) is 4.87. The van der Waals surface area contributed by atoms with Gasteiger partial charge in [0.05, 0.1) is 24.7 Å². The van der Waals surface area contributed by atoms with E-state index >= 15 is 0 Å². The van der Waals surface area contributed by atoms with Gasteiger partial charge in [0, 0.05) is 36.6 Å². The summed E-state index contributed by atoms with van der Waals surface area (Å²) >= 11 is 5.97. The standard InChI is InChI=1S/C25H35NO.C11H18ClN.C4H4O/c1-4-5-6-8-11-22(2)18-24(19-23-12-9-7-10-13-23)20-25(27-21-24)14-16-26(3)17-15-25;1-4-11(12)10(3)8-13-6-5-9(2)7-13;1-2-4-5-3-1/h5-13H,2,4,14-21H2,1,3H3;4,9H,1,5-8H2,2-3H3;1-4H/b6-5-,11-8-;11-10-;. The summed E-state index contributed by atoms with van der Waals surface area (Å²) in [7, 11) is 2.22. The molecule has 0 saturated carbocycles. The zero-order chi connectivity index (χ0) is 32.5. The predicted molar refractivity (Wildman–Crippen MR) is 193 cm³/mol. The zero-order valence-corrected chi connectivity index (χ0v) is 29.1. The van der Waals surface area contributed by atoms with Crippen molar-refractivity contribution in [2.75, 3.05) is 46.4 Å². The Hall–Kier alpha value is -2.63. The second kappa shape index (κ2) is 19.1. The average Bonchev–Trinajstić information content (AvgIpc) is 3.82. The molecule has 3 aliphatic rings. The topological polar surface area (TPSA) is 28.9 Å². The molecule has 1 aromatic carbocycles. The van der Waals surface area contributed by atoms with Gasteiger partial charge in [-0.3, -0.25) is 4.90 Å². The number of hydrogen-bond acceptors (Lipinski definition) is 4. The largest absolute Gasteiger partial charge is 0.473 e. The van der Waals surface area contributed by atoms with Crippen LogP contribution in [0.25, 0.3) is 0 Å². The van der Waals surface area contributed by atoms with Crippen LogP contribution in [0.4, 0.5) is 0 Å². The number of hydrogen-bond donors (Lipinski definition) is 0. The molecule has 4 nitrogen and oxygen atoms in total. The third kappa shape index (κ3) is 12.9. The van der Waals surface area contributed by atoms with Crippen molar-refractivity contribution in [2.24, 2.45) is 11.3 Å². The number of piperidine rings is 1. The molecule has 2 atom stereocenters. The maximum atomic E-state index is 6.56. The summed E-state index contributed by atoms with van der Waals surface area (Å²) in [5, 5.41) is 0.805. The summed E-state index contributed by atoms with van der Waals surface area (Å²) < 4.78 is 11.1. The SMILES string of the molecule is C=C(/C=C\C=C/CC)CC1(Cc2ccccc2)COC2(CCN(C)CC2)C1.C=C/C(Cl)=C(\C)CN1CCC(C)C1.c1ccoc1. The Bertz CT molecular complexity index is 1210. The minimum absolute atomic E-state index is 0.0768. The number of nitrogens with zero attached hydrogens (tertiary/aromatic N) is 2. The van der Waals surface area contributed by atoms with Crippen LogP contribution in [0, 0.1) is 11.3 Å². The monoisotopic (exact) mass is 632 g/mol. The number of likely N-dealkylation sites (tertiary alicyclic amines) is 2. The van der Waals surface area contributed by atoms with Gasteiger partial charge in [-0.15, -0.1) is 0 Å². The van der Waals surface area contributed by atoms with Gasteiger partial charge in [-0.05, 0) is 94.6 Å². The van der Waals surface area contributed by atoms with Gasteiger partial charge in [-0.2, -0.15) is 0 Å². The molecule has 2 aromatic rings. The molecule has 3 aliphatic heterocycles. The molecule has 5 heteroatoms. The number of allylic oxidation sites excluding steroid dienone is 7. The van der Waals surface area contributed by atoms with Gasteiger partial charge in [-0.1, -0.05) is 105 Å². The Kier molecular flexibility index (Phi) is 15.7. The molecule has 0 N–H and O–H groups in total. The Morgan fingerprint density at radius 1 is 1.07 bits per heavy atom. The number of ether oxygens (including phenoxy) is 1. The molecule has 3 saturated heterocycles. The molecule has 0 radical (unpaired) electrons. The molecule has 0 bridgehead atoms. The third-order valence-corrected chi connectivity index (χ3v) is 9.58. The lowest BCUT2D eigenvalue weighted by Gasteiger charge is -2.38. The van der Waals surface area contributed by atoms with E-state index in [4.69, 9.17) is 16.3 Å². The first kappa shape index (κ1) is 36.8. The van der Waals surface area contributed by atoms with Crippen LogP contribution in [-0.2, 0) is 11.2 Å². The molecular formula is C40H57ClN2O2. The van der Waals surface area contributed by atoms with Crippen molar-refractivity contribution in [3.05, 3.63) is 120 Å². The minimum Gasteiger partial charge on any atom is -0.473 e. The number of furan rings is 1. The summed E-state index contributed by atoms with van der Waals surface area (Å²) in [5.41, 5.74) is 4.08. The lowest BCUT2D eigenvalue weighted by Crippen LogP contribution is -2.43. The van der Waals surface area contributed by atoms with E-state index < -0.39 is 0 Å². The van der Waals surface area contributed by atoms with Crippen LogP contribution in [0.15, 0.2) is 119 Å². The van der Waals surface area contributed by atoms with E-state index in [1.807, 2.05) is 12.1 Å². The molecule has 2 unspecified atom stereocenters. The van der Waals surface area contributed by atoms with E-state index in [2.05, 4.69) is 110 Å². The summed E-state index contributed by atoms with van der Waals surface area (Å²) in [5.74, 6) is 0.843. The molecule has 45 heavy (non-hydrogen) atoms. The van der Waals surface area contributed by atoms with Crippen LogP contribution in [0.3, 0.4) is 0 Å². The van der Waals surface area contributed by atoms with E-state index in [1.165, 1.54) is 36.2 Å². The van der Waals surface area contributed by atoms with Gasteiger partial charge >= 0.3 is 0 Å². The highest BCUT2D eigenvalue weighted by molar-refractivity contribution is 6.31. The first-order valence-corrected chi connectivity index (χ1v) is 17.1. The molecule has 1 aromatic heterocycles. The molecule has 5 rings (SSSR count). The molecule has 1 spiro atoms. The fourth-order valence-corrected chi connectivity index (χ4v) is 6.75. The molecule has 0 aliphatic carbocycles. The zero-order valence-electron chi connectivity index (χ0n) is 28.4. The molecule has 4 heterocycles. The second-order valence-corrected chi connectivity index (χ2v) is 13.8. The third-order valence-electron chi connectivity index (χ3n) is 9.10. The second-order valence-electron chi connectivity index (χ2n) is 13.4. The fraction of sp³-hybridized carbons (Fsp3) is 0.500. The van der Waals surface area contributed by atoms with E-state index in [0.717, 1.165) is 75.7 Å². The van der Waals surface area contributed by atoms with E-state index in [-0.39, 0.29) is 11.0 Å². The molecule has 3 fully saturated rings. The minimum atomic E-state index is 0.0768. The summed E-state index contributed by atoms with van der Waals surface area (Å²) in [6, 6.07) is 14.6. The normalized spacial score (nSPS) is 23.8. The highest BCUT2D eigenvalue weighted by atomic mass is 35.5. The lowest BCUT2D eigenvalue weighted by molar-refractivity contribution is -0.0402. The average molecular weight is 633 g/mol. The van der Waals surface area contributed by atoms with Crippen molar-refractivity contribution >= 4 is 11.6 Å². The number of benzene rings is 1. The maximum Gasteiger partial charge on any atom is 0.0902 e. The van der Waals surface area contributed by atoms with Gasteiger partial charge in [0.25, 0.3) is 0 Å². The van der Waals surface area contributed by atoms with Crippen LogP contribution in [0.5, 0.6) is 0 Å². The lowest BCUT2D eigenvalue weighted by atomic mass is 9.70. The maximum absolute atomic E-state index is 6.56. The Labute approximate surface area is 279 Å². The number of halogens is 1. The van der Waals surface area contributed by atoms with Crippen LogP contribution < -0.4 is 0 Å². The van der Waals surface area contributed by atoms with E-state index in [0.29, 0.717) is 0 Å². The highest BCUT2D eigenvalue weighted by Gasteiger charge is 2.50. The van der Waals surface area contributed by atoms with E-state index in [9.17, 15) is 0 Å². The van der Waals surface area contributed by atoms with Gasteiger partial charge < -0.3 is 14.1 Å². The van der Waals surface area contributed by atoms with Gasteiger partial charge in [0.1, 0.15) is 0 Å². The van der Waals surface area contributed by atoms with Crippen LogP contribution in [0.2, 0.25) is 0 Å². The van der Waals surface area contributed by atoms with Gasteiger partial charge in [-0.25, -0.2) is 0 Å². The number of rotatable bonds is 10. The van der Waals surface area contributed by atoms with Crippen molar-refractivity contribution in [2.45, 2.75) is 71.3 Å². The van der Waals surface area contributed by atoms with Crippen LogP contribution in [-0.4, -0.2) is 61.8 Å². The van der Waals surface area contributed by atoms with Crippen molar-refractivity contribution in [3.8, 4) is 0 Å². The molecule has 0 amide bonds. The van der Waals surface area contributed by atoms with Gasteiger partial charge in [0.15, 0.2) is 0 Å². The predicted octanol–water partition coefficient (Wildman–Crippen LogP) is 9.88. The Morgan fingerprint density at radius 3 is 2.36 bits per heavy atom. The smallest absolute Gasteiger partial charge is 0.0902 e. The first-order chi connectivity index (χ1) is 21.7. The van der Waals surface area contributed by atoms with Crippen molar-refractivity contribution < 1.29 is 9.15 Å². The van der Waals surface area contributed by atoms with E-state index in [1.54, 1.807) is 18.6 Å². The summed E-state index contributed by atoms with van der Waals surface area (Å²) in [6.45, 7) is 21.1. The Morgan fingerprint density at radius 2 is 1.78 bits per heavy atom. The van der Waals surface area contributed by atoms with Crippen LogP contribution >= 0.6 is 11.6 Å². The summed E-state index contributed by atoms with van der Waals surface area (Å²) in [6.07, 6.45) is 21.5. The molecule has 246 valence electrons.